The van der Waals surface area contributed by atoms with Gasteiger partial charge in [-0.25, -0.2) is 4.98 Å². The molecular weight excluding hydrogens is 326 g/mol. The number of hydrogen-bond donors (Lipinski definition) is 0. The van der Waals surface area contributed by atoms with Crippen molar-refractivity contribution < 1.29 is 0 Å². The first-order chi connectivity index (χ1) is 6.61. The minimum absolute atomic E-state index is 0.358. The van der Waals surface area contributed by atoms with Crippen molar-refractivity contribution in [2.24, 2.45) is 5.41 Å². The number of aromatic nitrogens is 1. The monoisotopic (exact) mass is 339 g/mol. The van der Waals surface area contributed by atoms with Gasteiger partial charge in [0.05, 0.1) is 11.2 Å². The molecule has 0 N–H and O–H groups in total. The molecule has 14 heavy (non-hydrogen) atoms. The van der Waals surface area contributed by atoms with Crippen LogP contribution >= 0.6 is 43.2 Å². The molecule has 0 fully saturated rings. The highest BCUT2D eigenvalue weighted by Crippen LogP contribution is 2.29. The zero-order valence-corrected chi connectivity index (χ0v) is 12.5. The first-order valence-electron chi connectivity index (χ1n) is 4.62. The standard InChI is InChI=1S/C10H15Br2NS/c1-8-9(14-7-13-8)3-4-10(2,5-11)6-12/h7H,3-6H2,1-2H3. The summed E-state index contributed by atoms with van der Waals surface area (Å²) in [5, 5.41) is 2.09. The van der Waals surface area contributed by atoms with Crippen molar-refractivity contribution in [1.82, 2.24) is 4.98 Å². The molecule has 0 atom stereocenters. The van der Waals surface area contributed by atoms with E-state index in [1.165, 1.54) is 17.0 Å². The Morgan fingerprint density at radius 2 is 2.07 bits per heavy atom. The van der Waals surface area contributed by atoms with Crippen LogP contribution in [0.1, 0.15) is 23.9 Å². The third kappa shape index (κ3) is 3.31. The normalized spacial score (nSPS) is 12.0. The summed E-state index contributed by atoms with van der Waals surface area (Å²) in [5.41, 5.74) is 3.49. The smallest absolute Gasteiger partial charge is 0.0797 e. The average Bonchev–Trinajstić information content (AvgIpc) is 2.61. The summed E-state index contributed by atoms with van der Waals surface area (Å²) in [5.74, 6) is 0. The maximum absolute atomic E-state index is 4.26. The predicted molar refractivity (Wildman–Crippen MR) is 70.9 cm³/mol. The van der Waals surface area contributed by atoms with Crippen LogP contribution in [0.5, 0.6) is 0 Å². The fourth-order valence-electron chi connectivity index (χ4n) is 1.15. The van der Waals surface area contributed by atoms with Crippen LogP contribution in [-0.4, -0.2) is 15.6 Å². The van der Waals surface area contributed by atoms with Crippen molar-refractivity contribution in [3.05, 3.63) is 16.1 Å². The highest BCUT2D eigenvalue weighted by molar-refractivity contribution is 9.09. The van der Waals surface area contributed by atoms with E-state index >= 15 is 0 Å². The molecule has 1 nitrogen and oxygen atoms in total. The third-order valence-electron chi connectivity index (χ3n) is 2.45. The van der Waals surface area contributed by atoms with Gasteiger partial charge in [-0.05, 0) is 25.2 Å². The molecule has 4 heteroatoms. The van der Waals surface area contributed by atoms with Gasteiger partial charge in [-0.3, -0.25) is 0 Å². The van der Waals surface area contributed by atoms with Crippen LogP contribution in [0.2, 0.25) is 0 Å². The highest BCUT2D eigenvalue weighted by atomic mass is 79.9. The largest absolute Gasteiger partial charge is 0.250 e. The molecule has 0 aliphatic carbocycles. The van der Waals surface area contributed by atoms with Crippen molar-refractivity contribution in [3.63, 3.8) is 0 Å². The molecule has 0 aromatic carbocycles. The summed E-state index contributed by atoms with van der Waals surface area (Å²) >= 11 is 8.91. The van der Waals surface area contributed by atoms with Gasteiger partial charge in [0.15, 0.2) is 0 Å². The Hall–Kier alpha value is 0.590. The van der Waals surface area contributed by atoms with Crippen molar-refractivity contribution in [2.45, 2.75) is 26.7 Å². The van der Waals surface area contributed by atoms with Crippen LogP contribution in [-0.2, 0) is 6.42 Å². The first-order valence-corrected chi connectivity index (χ1v) is 7.74. The van der Waals surface area contributed by atoms with Crippen LogP contribution in [0.3, 0.4) is 0 Å². The molecule has 0 amide bonds. The second kappa shape index (κ2) is 5.61. The SMILES string of the molecule is Cc1ncsc1CCC(C)(CBr)CBr. The fourth-order valence-corrected chi connectivity index (χ4v) is 3.42. The summed E-state index contributed by atoms with van der Waals surface area (Å²) < 4.78 is 0. The molecule has 1 heterocycles. The lowest BCUT2D eigenvalue weighted by atomic mass is 9.90. The van der Waals surface area contributed by atoms with Gasteiger partial charge in [0.1, 0.15) is 0 Å². The zero-order valence-electron chi connectivity index (χ0n) is 8.52. The van der Waals surface area contributed by atoms with Gasteiger partial charge in [-0.1, -0.05) is 38.8 Å². The number of halogens is 2. The Morgan fingerprint density at radius 3 is 2.50 bits per heavy atom. The number of rotatable bonds is 5. The Kier molecular flexibility index (Phi) is 5.08. The number of thiazole rings is 1. The van der Waals surface area contributed by atoms with E-state index in [0.29, 0.717) is 5.41 Å². The van der Waals surface area contributed by atoms with E-state index in [1.54, 1.807) is 11.3 Å². The van der Waals surface area contributed by atoms with Crippen LogP contribution < -0.4 is 0 Å². The highest BCUT2D eigenvalue weighted by Gasteiger charge is 2.21. The molecule has 0 saturated carbocycles. The Balaban J connectivity index is 2.52. The lowest BCUT2D eigenvalue weighted by molar-refractivity contribution is 0.404. The van der Waals surface area contributed by atoms with Crippen molar-refractivity contribution in [1.29, 1.82) is 0 Å². The molecule has 0 saturated heterocycles. The van der Waals surface area contributed by atoms with Gasteiger partial charge in [-0.2, -0.15) is 0 Å². The van der Waals surface area contributed by atoms with E-state index in [9.17, 15) is 0 Å². The lowest BCUT2D eigenvalue weighted by Crippen LogP contribution is -2.20. The molecule has 0 aliphatic heterocycles. The van der Waals surface area contributed by atoms with E-state index in [0.717, 1.165) is 17.1 Å². The van der Waals surface area contributed by atoms with E-state index in [1.807, 2.05) is 5.51 Å². The van der Waals surface area contributed by atoms with Gasteiger partial charge >= 0.3 is 0 Å². The molecule has 0 bridgehead atoms. The lowest BCUT2D eigenvalue weighted by Gasteiger charge is -2.24. The van der Waals surface area contributed by atoms with E-state index < -0.39 is 0 Å². The minimum Gasteiger partial charge on any atom is -0.250 e. The molecule has 1 rings (SSSR count). The Labute approximate surface area is 107 Å². The van der Waals surface area contributed by atoms with Gasteiger partial charge in [0, 0.05) is 15.5 Å². The van der Waals surface area contributed by atoms with Crippen molar-refractivity contribution in [2.75, 3.05) is 10.7 Å². The van der Waals surface area contributed by atoms with Crippen LogP contribution in [0, 0.1) is 12.3 Å². The summed E-state index contributed by atoms with van der Waals surface area (Å²) in [7, 11) is 0. The van der Waals surface area contributed by atoms with Gasteiger partial charge in [0.2, 0.25) is 0 Å². The topological polar surface area (TPSA) is 12.9 Å². The second-order valence-electron chi connectivity index (χ2n) is 3.94. The predicted octanol–water partition coefficient (Wildman–Crippen LogP) is 4.18. The molecule has 0 radical (unpaired) electrons. The minimum atomic E-state index is 0.358. The summed E-state index contributed by atoms with van der Waals surface area (Å²) in [6.07, 6.45) is 2.34. The maximum Gasteiger partial charge on any atom is 0.0797 e. The molecule has 1 aromatic rings. The van der Waals surface area contributed by atoms with Crippen LogP contribution in [0.4, 0.5) is 0 Å². The zero-order chi connectivity index (χ0) is 10.6. The molecule has 1 aromatic heterocycles. The van der Waals surface area contributed by atoms with Gasteiger partial charge in [-0.15, -0.1) is 11.3 Å². The summed E-state index contributed by atoms with van der Waals surface area (Å²) in [6.45, 7) is 4.39. The van der Waals surface area contributed by atoms with E-state index in [4.69, 9.17) is 0 Å². The average molecular weight is 341 g/mol. The van der Waals surface area contributed by atoms with Gasteiger partial charge in [0.25, 0.3) is 0 Å². The molecular formula is C10H15Br2NS. The maximum atomic E-state index is 4.26. The second-order valence-corrected chi connectivity index (χ2v) is 6.00. The van der Waals surface area contributed by atoms with Crippen LogP contribution in [0.15, 0.2) is 5.51 Å². The molecule has 0 aliphatic rings. The number of alkyl halides is 2. The van der Waals surface area contributed by atoms with Crippen LogP contribution in [0.25, 0.3) is 0 Å². The molecule has 0 unspecified atom stereocenters. The summed E-state index contributed by atoms with van der Waals surface area (Å²) in [6, 6.07) is 0. The van der Waals surface area contributed by atoms with Crippen molar-refractivity contribution in [3.8, 4) is 0 Å². The number of aryl methyl sites for hydroxylation is 2. The third-order valence-corrected chi connectivity index (χ3v) is 6.15. The first kappa shape index (κ1) is 12.7. The van der Waals surface area contributed by atoms with Gasteiger partial charge < -0.3 is 0 Å². The molecule has 0 spiro atoms. The quantitative estimate of drug-likeness (QED) is 0.733. The Bertz CT molecular complexity index is 281. The number of hydrogen-bond acceptors (Lipinski definition) is 2. The Morgan fingerprint density at radius 1 is 1.43 bits per heavy atom. The van der Waals surface area contributed by atoms with Crippen molar-refractivity contribution >= 4 is 43.2 Å². The molecule has 80 valence electrons. The number of nitrogens with zero attached hydrogens (tertiary/aromatic N) is 1. The van der Waals surface area contributed by atoms with E-state index in [2.05, 4.69) is 50.7 Å². The fraction of sp³-hybridized carbons (Fsp3) is 0.700. The van der Waals surface area contributed by atoms with E-state index in [-0.39, 0.29) is 0 Å². The summed E-state index contributed by atoms with van der Waals surface area (Å²) in [4.78, 5) is 5.69.